The fraction of sp³-hybridized carbons (Fsp3) is 0.600. The quantitative estimate of drug-likeness (QED) is 0.943. The number of aryl methyl sites for hydroxylation is 3. The van der Waals surface area contributed by atoms with Gasteiger partial charge < -0.3 is 10.1 Å². The van der Waals surface area contributed by atoms with Crippen LogP contribution in [-0.4, -0.2) is 29.2 Å². The average molecular weight is 289 g/mol. The van der Waals surface area contributed by atoms with Crippen molar-refractivity contribution < 1.29 is 4.74 Å². The topological polar surface area (TPSA) is 47.0 Å². The molecule has 0 amide bonds. The molecule has 5 heteroatoms. The van der Waals surface area contributed by atoms with Crippen molar-refractivity contribution in [2.75, 3.05) is 18.5 Å². The second-order valence-electron chi connectivity index (χ2n) is 5.67. The zero-order valence-electron chi connectivity index (χ0n) is 11.7. The molecule has 2 aromatic rings. The molecule has 0 unspecified atom stereocenters. The molecule has 1 fully saturated rings. The van der Waals surface area contributed by atoms with Crippen LogP contribution in [0, 0.1) is 6.92 Å². The van der Waals surface area contributed by atoms with E-state index in [0.717, 1.165) is 36.0 Å². The molecule has 1 aliphatic heterocycles. The van der Waals surface area contributed by atoms with E-state index in [1.165, 1.54) is 41.5 Å². The Bertz CT molecular complexity index is 646. The lowest BCUT2D eigenvalue weighted by molar-refractivity contribution is 0.120. The molecule has 4 nitrogen and oxygen atoms in total. The van der Waals surface area contributed by atoms with Crippen LogP contribution in [0.2, 0.25) is 0 Å². The standard InChI is InChI=1S/C15H19N3OS/c1-9-17-14(16-8-10-4-3-7-19-10)13-11-5-2-6-12(11)20-15(13)18-9/h10H,2-8H2,1H3,(H,16,17,18)/t10-/m1/s1. The van der Waals surface area contributed by atoms with Gasteiger partial charge in [0, 0.05) is 18.0 Å². The Morgan fingerprint density at radius 2 is 2.25 bits per heavy atom. The molecule has 0 aromatic carbocycles. The first-order chi connectivity index (χ1) is 9.81. The summed E-state index contributed by atoms with van der Waals surface area (Å²) >= 11 is 1.85. The number of anilines is 1. The Kier molecular flexibility index (Phi) is 3.11. The first-order valence-corrected chi connectivity index (χ1v) is 8.27. The third-order valence-corrected chi connectivity index (χ3v) is 5.38. The first-order valence-electron chi connectivity index (χ1n) is 7.45. The van der Waals surface area contributed by atoms with Gasteiger partial charge in [0.05, 0.1) is 11.5 Å². The first kappa shape index (κ1) is 12.5. The molecule has 4 rings (SSSR count). The Morgan fingerprint density at radius 1 is 1.30 bits per heavy atom. The van der Waals surface area contributed by atoms with Gasteiger partial charge >= 0.3 is 0 Å². The molecule has 2 aliphatic rings. The van der Waals surface area contributed by atoms with Crippen molar-refractivity contribution in [3.8, 4) is 0 Å². The maximum atomic E-state index is 5.69. The van der Waals surface area contributed by atoms with Crippen LogP contribution in [0.5, 0.6) is 0 Å². The molecule has 0 radical (unpaired) electrons. The molecule has 1 saturated heterocycles. The van der Waals surface area contributed by atoms with Gasteiger partial charge in [-0.15, -0.1) is 11.3 Å². The van der Waals surface area contributed by atoms with Gasteiger partial charge in [0.25, 0.3) is 0 Å². The molecule has 1 aliphatic carbocycles. The Morgan fingerprint density at radius 3 is 3.10 bits per heavy atom. The summed E-state index contributed by atoms with van der Waals surface area (Å²) in [5.74, 6) is 1.87. The minimum absolute atomic E-state index is 0.340. The number of ether oxygens (including phenoxy) is 1. The molecular weight excluding hydrogens is 270 g/mol. The van der Waals surface area contributed by atoms with E-state index in [9.17, 15) is 0 Å². The van der Waals surface area contributed by atoms with Crippen LogP contribution < -0.4 is 5.32 Å². The lowest BCUT2D eigenvalue weighted by atomic mass is 10.2. The molecule has 1 atom stereocenters. The largest absolute Gasteiger partial charge is 0.376 e. The molecule has 106 valence electrons. The van der Waals surface area contributed by atoms with E-state index < -0.39 is 0 Å². The lowest BCUT2D eigenvalue weighted by Crippen LogP contribution is -2.19. The van der Waals surface area contributed by atoms with Crippen LogP contribution >= 0.6 is 11.3 Å². The van der Waals surface area contributed by atoms with Crippen LogP contribution in [0.3, 0.4) is 0 Å². The second kappa shape index (κ2) is 4.97. The summed E-state index contributed by atoms with van der Waals surface area (Å²) in [6.45, 7) is 3.73. The van der Waals surface area contributed by atoms with Crippen LogP contribution in [0.1, 0.15) is 35.5 Å². The number of hydrogen-bond acceptors (Lipinski definition) is 5. The summed E-state index contributed by atoms with van der Waals surface area (Å²) in [6.07, 6.45) is 6.33. The van der Waals surface area contributed by atoms with Crippen molar-refractivity contribution in [2.45, 2.75) is 45.1 Å². The summed E-state index contributed by atoms with van der Waals surface area (Å²) in [4.78, 5) is 11.9. The number of nitrogens with one attached hydrogen (secondary N) is 1. The molecule has 0 saturated carbocycles. The maximum Gasteiger partial charge on any atom is 0.138 e. The average Bonchev–Trinajstić information content (AvgIpc) is 3.11. The van der Waals surface area contributed by atoms with Crippen LogP contribution in [0.25, 0.3) is 10.2 Å². The van der Waals surface area contributed by atoms with E-state index in [4.69, 9.17) is 4.74 Å². The predicted molar refractivity (Wildman–Crippen MR) is 81.6 cm³/mol. The number of hydrogen-bond donors (Lipinski definition) is 1. The smallest absolute Gasteiger partial charge is 0.138 e. The van der Waals surface area contributed by atoms with Crippen molar-refractivity contribution in [2.24, 2.45) is 0 Å². The maximum absolute atomic E-state index is 5.69. The van der Waals surface area contributed by atoms with E-state index >= 15 is 0 Å². The van der Waals surface area contributed by atoms with Crippen LogP contribution in [0.15, 0.2) is 0 Å². The number of rotatable bonds is 3. The van der Waals surface area contributed by atoms with Crippen molar-refractivity contribution in [1.29, 1.82) is 0 Å². The molecule has 20 heavy (non-hydrogen) atoms. The molecule has 3 heterocycles. The van der Waals surface area contributed by atoms with Gasteiger partial charge in [-0.2, -0.15) is 0 Å². The Hall–Kier alpha value is -1.20. The molecule has 2 aromatic heterocycles. The fourth-order valence-electron chi connectivity index (χ4n) is 3.25. The normalized spacial score (nSPS) is 21.6. The third kappa shape index (κ3) is 2.09. The number of thiophene rings is 1. The summed E-state index contributed by atoms with van der Waals surface area (Å²) in [5.41, 5.74) is 1.49. The van der Waals surface area contributed by atoms with Crippen molar-refractivity contribution >= 4 is 27.4 Å². The van der Waals surface area contributed by atoms with Gasteiger partial charge in [0.1, 0.15) is 16.5 Å². The predicted octanol–water partition coefficient (Wildman–Crippen LogP) is 3.08. The summed E-state index contributed by atoms with van der Waals surface area (Å²) in [6, 6.07) is 0. The Labute approximate surface area is 122 Å². The van der Waals surface area contributed by atoms with E-state index in [-0.39, 0.29) is 0 Å². The minimum atomic E-state index is 0.340. The fourth-order valence-corrected chi connectivity index (χ4v) is 4.55. The van der Waals surface area contributed by atoms with Crippen LogP contribution in [-0.2, 0) is 17.6 Å². The molecule has 1 N–H and O–H groups in total. The van der Waals surface area contributed by atoms with E-state index in [2.05, 4.69) is 15.3 Å². The van der Waals surface area contributed by atoms with Crippen molar-refractivity contribution in [3.05, 3.63) is 16.3 Å². The highest BCUT2D eigenvalue weighted by atomic mass is 32.1. The molecule has 0 bridgehead atoms. The summed E-state index contributed by atoms with van der Waals surface area (Å²) < 4.78 is 5.69. The SMILES string of the molecule is Cc1nc(NC[C@H]2CCCO2)c2c3c(sc2n1)CCC3. The van der Waals surface area contributed by atoms with Crippen LogP contribution in [0.4, 0.5) is 5.82 Å². The van der Waals surface area contributed by atoms with Gasteiger partial charge in [0.15, 0.2) is 0 Å². The molecule has 0 spiro atoms. The third-order valence-electron chi connectivity index (χ3n) is 4.20. The van der Waals surface area contributed by atoms with Gasteiger partial charge in [-0.25, -0.2) is 9.97 Å². The van der Waals surface area contributed by atoms with Crippen molar-refractivity contribution in [3.63, 3.8) is 0 Å². The van der Waals surface area contributed by atoms with E-state index in [0.29, 0.717) is 6.10 Å². The summed E-state index contributed by atoms with van der Waals surface area (Å²) in [7, 11) is 0. The van der Waals surface area contributed by atoms with E-state index in [1.54, 1.807) is 0 Å². The Balaban J connectivity index is 1.69. The minimum Gasteiger partial charge on any atom is -0.376 e. The van der Waals surface area contributed by atoms with Gasteiger partial charge in [-0.3, -0.25) is 0 Å². The number of fused-ring (bicyclic) bond motifs is 3. The highest BCUT2D eigenvalue weighted by Gasteiger charge is 2.22. The molecular formula is C15H19N3OS. The summed E-state index contributed by atoms with van der Waals surface area (Å²) in [5, 5.41) is 4.79. The number of nitrogens with zero attached hydrogens (tertiary/aromatic N) is 2. The van der Waals surface area contributed by atoms with E-state index in [1.807, 2.05) is 18.3 Å². The highest BCUT2D eigenvalue weighted by molar-refractivity contribution is 7.19. The lowest BCUT2D eigenvalue weighted by Gasteiger charge is -2.13. The highest BCUT2D eigenvalue weighted by Crippen LogP contribution is 2.39. The zero-order valence-corrected chi connectivity index (χ0v) is 12.6. The van der Waals surface area contributed by atoms with Gasteiger partial charge in [-0.1, -0.05) is 0 Å². The number of aromatic nitrogens is 2. The van der Waals surface area contributed by atoms with Gasteiger partial charge in [-0.05, 0) is 44.6 Å². The van der Waals surface area contributed by atoms with Crippen molar-refractivity contribution in [1.82, 2.24) is 9.97 Å². The zero-order chi connectivity index (χ0) is 13.5. The second-order valence-corrected chi connectivity index (χ2v) is 6.76. The van der Waals surface area contributed by atoms with Gasteiger partial charge in [0.2, 0.25) is 0 Å². The monoisotopic (exact) mass is 289 g/mol.